The van der Waals surface area contributed by atoms with Gasteiger partial charge >= 0.3 is 0 Å². The lowest BCUT2D eigenvalue weighted by atomic mass is 10.2. The molecule has 0 bridgehead atoms. The highest BCUT2D eigenvalue weighted by Gasteiger charge is 2.07. The van der Waals surface area contributed by atoms with Crippen molar-refractivity contribution in [3.05, 3.63) is 41.2 Å². The topological polar surface area (TPSA) is 50.3 Å². The second-order valence-corrected chi connectivity index (χ2v) is 5.06. The van der Waals surface area contributed by atoms with E-state index in [1.165, 1.54) is 5.56 Å². The van der Waals surface area contributed by atoms with Gasteiger partial charge < -0.3 is 15.0 Å². The zero-order valence-corrected chi connectivity index (χ0v) is 12.5. The Morgan fingerprint density at radius 3 is 2.55 bits per heavy atom. The highest BCUT2D eigenvalue weighted by atomic mass is 35.5. The van der Waals surface area contributed by atoms with Crippen LogP contribution in [0, 0.1) is 0 Å². The zero-order chi connectivity index (χ0) is 14.5. The molecule has 2 rings (SSSR count). The van der Waals surface area contributed by atoms with Gasteiger partial charge in [0.05, 0.1) is 30.2 Å². The number of hydrogen-bond donors (Lipinski definition) is 1. The summed E-state index contributed by atoms with van der Waals surface area (Å²) in [5.74, 6) is 1.23. The van der Waals surface area contributed by atoms with E-state index >= 15 is 0 Å². The number of anilines is 2. The van der Waals surface area contributed by atoms with Crippen LogP contribution < -0.4 is 10.1 Å². The summed E-state index contributed by atoms with van der Waals surface area (Å²) < 4.78 is 5.40. The lowest BCUT2D eigenvalue weighted by molar-refractivity contribution is 0.396. The van der Waals surface area contributed by atoms with Crippen molar-refractivity contribution in [3.8, 4) is 5.75 Å². The molecular formula is C14H17ClN4O. The second-order valence-electron chi connectivity index (χ2n) is 4.62. The lowest BCUT2D eigenvalue weighted by Crippen LogP contribution is -2.10. The Labute approximate surface area is 123 Å². The van der Waals surface area contributed by atoms with Crippen molar-refractivity contribution in [2.75, 3.05) is 26.5 Å². The van der Waals surface area contributed by atoms with Crippen molar-refractivity contribution in [3.63, 3.8) is 0 Å². The molecule has 106 valence electrons. The van der Waals surface area contributed by atoms with E-state index in [-0.39, 0.29) is 0 Å². The van der Waals surface area contributed by atoms with Gasteiger partial charge in [-0.3, -0.25) is 0 Å². The normalized spacial score (nSPS) is 10.7. The van der Waals surface area contributed by atoms with E-state index in [0.29, 0.717) is 11.0 Å². The number of nitrogens with zero attached hydrogens (tertiary/aromatic N) is 3. The van der Waals surface area contributed by atoms with Crippen LogP contribution in [0.25, 0.3) is 0 Å². The fraction of sp³-hybridized carbons (Fsp3) is 0.286. The van der Waals surface area contributed by atoms with Gasteiger partial charge in [-0.15, -0.1) is 0 Å². The molecule has 0 saturated carbocycles. The minimum Gasteiger partial charge on any atom is -0.495 e. The van der Waals surface area contributed by atoms with Gasteiger partial charge in [-0.1, -0.05) is 17.7 Å². The molecule has 0 aliphatic rings. The molecule has 0 fully saturated rings. The summed E-state index contributed by atoms with van der Waals surface area (Å²) in [5, 5.41) is 3.62. The predicted octanol–water partition coefficient (Wildman–Crippen LogP) is 2.94. The van der Waals surface area contributed by atoms with Gasteiger partial charge in [-0.25, -0.2) is 9.97 Å². The fourth-order valence-electron chi connectivity index (χ4n) is 1.80. The van der Waals surface area contributed by atoms with Crippen molar-refractivity contribution in [2.45, 2.75) is 6.54 Å². The average Bonchev–Trinajstić information content (AvgIpc) is 2.42. The Morgan fingerprint density at radius 2 is 1.95 bits per heavy atom. The Bertz CT molecular complexity index is 572. The third-order valence-electron chi connectivity index (χ3n) is 2.63. The zero-order valence-electron chi connectivity index (χ0n) is 11.7. The van der Waals surface area contributed by atoms with E-state index in [9.17, 15) is 0 Å². The van der Waals surface area contributed by atoms with E-state index in [1.807, 2.05) is 32.3 Å². The van der Waals surface area contributed by atoms with Crippen LogP contribution >= 0.6 is 11.6 Å². The van der Waals surface area contributed by atoms with Crippen LogP contribution in [0.5, 0.6) is 5.75 Å². The van der Waals surface area contributed by atoms with Crippen LogP contribution in [0.3, 0.4) is 0 Å². The van der Waals surface area contributed by atoms with E-state index in [1.54, 1.807) is 19.5 Å². The highest BCUT2D eigenvalue weighted by molar-refractivity contribution is 6.30. The van der Waals surface area contributed by atoms with Gasteiger partial charge in [0.2, 0.25) is 5.95 Å². The number of rotatable bonds is 5. The average molecular weight is 293 g/mol. The first-order chi connectivity index (χ1) is 9.58. The molecule has 1 N–H and O–H groups in total. The largest absolute Gasteiger partial charge is 0.495 e. The van der Waals surface area contributed by atoms with Gasteiger partial charge in [0.25, 0.3) is 0 Å². The molecule has 0 radical (unpaired) electrons. The minimum absolute atomic E-state index is 0.480. The van der Waals surface area contributed by atoms with Crippen molar-refractivity contribution in [1.82, 2.24) is 14.9 Å². The van der Waals surface area contributed by atoms with Gasteiger partial charge in [0.1, 0.15) is 5.75 Å². The minimum atomic E-state index is 0.480. The van der Waals surface area contributed by atoms with Gasteiger partial charge in [-0.05, 0) is 31.8 Å². The summed E-state index contributed by atoms with van der Waals surface area (Å²) in [5.41, 5.74) is 1.99. The van der Waals surface area contributed by atoms with Gasteiger partial charge in [0.15, 0.2) is 0 Å². The molecule has 0 unspecified atom stereocenters. The van der Waals surface area contributed by atoms with Crippen LogP contribution in [0.4, 0.5) is 11.6 Å². The molecule has 1 aromatic carbocycles. The number of halogens is 1. The van der Waals surface area contributed by atoms with Crippen LogP contribution in [0.1, 0.15) is 5.56 Å². The number of nitrogens with one attached hydrogen (secondary N) is 1. The van der Waals surface area contributed by atoms with Crippen molar-refractivity contribution in [1.29, 1.82) is 0 Å². The standard InChI is InChI=1S/C14H17ClN4O/c1-19(2)9-10-4-5-12(13(6-10)20-3)18-14-16-7-11(15)8-17-14/h4-8H,9H2,1-3H3,(H,16,17,18). The molecule has 1 heterocycles. The molecule has 20 heavy (non-hydrogen) atoms. The van der Waals surface area contributed by atoms with Crippen LogP contribution in [-0.2, 0) is 6.54 Å². The summed E-state index contributed by atoms with van der Waals surface area (Å²) in [4.78, 5) is 10.3. The Morgan fingerprint density at radius 1 is 1.25 bits per heavy atom. The number of aromatic nitrogens is 2. The maximum Gasteiger partial charge on any atom is 0.227 e. The Hall–Kier alpha value is -1.85. The van der Waals surface area contributed by atoms with E-state index in [2.05, 4.69) is 20.2 Å². The van der Waals surface area contributed by atoms with Crippen molar-refractivity contribution >= 4 is 23.2 Å². The molecule has 2 aromatic rings. The lowest BCUT2D eigenvalue weighted by Gasteiger charge is -2.14. The van der Waals surface area contributed by atoms with Crippen molar-refractivity contribution in [2.24, 2.45) is 0 Å². The molecule has 0 spiro atoms. The Kier molecular flexibility index (Phi) is 4.76. The molecular weight excluding hydrogens is 276 g/mol. The fourth-order valence-corrected chi connectivity index (χ4v) is 1.90. The summed E-state index contributed by atoms with van der Waals surface area (Å²) in [6, 6.07) is 5.99. The number of methoxy groups -OCH3 is 1. The van der Waals surface area contributed by atoms with E-state index < -0.39 is 0 Å². The quantitative estimate of drug-likeness (QED) is 0.918. The molecule has 0 atom stereocenters. The molecule has 5 nitrogen and oxygen atoms in total. The molecule has 0 aliphatic carbocycles. The third kappa shape index (κ3) is 3.82. The first-order valence-corrected chi connectivity index (χ1v) is 6.52. The second kappa shape index (κ2) is 6.54. The molecule has 0 amide bonds. The SMILES string of the molecule is COc1cc(CN(C)C)ccc1Nc1ncc(Cl)cn1. The summed E-state index contributed by atoms with van der Waals surface area (Å²) in [6.07, 6.45) is 3.09. The molecule has 0 aliphatic heterocycles. The first kappa shape index (κ1) is 14.6. The predicted molar refractivity (Wildman–Crippen MR) is 80.7 cm³/mol. The summed E-state index contributed by atoms with van der Waals surface area (Å²) >= 11 is 5.76. The smallest absolute Gasteiger partial charge is 0.227 e. The maximum atomic E-state index is 5.76. The number of ether oxygens (including phenoxy) is 1. The van der Waals surface area contributed by atoms with Gasteiger partial charge in [0, 0.05) is 6.54 Å². The molecule has 6 heteroatoms. The van der Waals surface area contributed by atoms with Crippen LogP contribution in [0.15, 0.2) is 30.6 Å². The number of hydrogen-bond acceptors (Lipinski definition) is 5. The monoisotopic (exact) mass is 292 g/mol. The van der Waals surface area contributed by atoms with Crippen molar-refractivity contribution < 1.29 is 4.74 Å². The third-order valence-corrected chi connectivity index (χ3v) is 2.83. The van der Waals surface area contributed by atoms with E-state index in [4.69, 9.17) is 16.3 Å². The number of benzene rings is 1. The molecule has 0 saturated heterocycles. The van der Waals surface area contributed by atoms with Crippen LogP contribution in [-0.4, -0.2) is 36.1 Å². The summed E-state index contributed by atoms with van der Waals surface area (Å²) in [7, 11) is 5.70. The first-order valence-electron chi connectivity index (χ1n) is 6.14. The summed E-state index contributed by atoms with van der Waals surface area (Å²) in [6.45, 7) is 0.855. The highest BCUT2D eigenvalue weighted by Crippen LogP contribution is 2.28. The van der Waals surface area contributed by atoms with E-state index in [0.717, 1.165) is 18.0 Å². The Balaban J connectivity index is 2.20. The maximum absolute atomic E-state index is 5.76. The molecule has 1 aromatic heterocycles. The van der Waals surface area contributed by atoms with Crippen LogP contribution in [0.2, 0.25) is 5.02 Å². The van der Waals surface area contributed by atoms with Gasteiger partial charge in [-0.2, -0.15) is 0 Å².